The summed E-state index contributed by atoms with van der Waals surface area (Å²) in [5.74, 6) is 0.458. The van der Waals surface area contributed by atoms with E-state index in [4.69, 9.17) is 4.74 Å². The lowest BCUT2D eigenvalue weighted by molar-refractivity contribution is -0.129. The normalized spacial score (nSPS) is 15.7. The van der Waals surface area contributed by atoms with Crippen molar-refractivity contribution in [2.45, 2.75) is 19.1 Å². The van der Waals surface area contributed by atoms with E-state index >= 15 is 0 Å². The van der Waals surface area contributed by atoms with Crippen LogP contribution in [0.25, 0.3) is 0 Å². The zero-order valence-electron chi connectivity index (χ0n) is 13.0. The molecule has 7 heteroatoms. The van der Waals surface area contributed by atoms with Crippen molar-refractivity contribution in [3.63, 3.8) is 0 Å². The van der Waals surface area contributed by atoms with Crippen LogP contribution in [0.15, 0.2) is 36.7 Å². The Hall–Kier alpha value is -2.83. The second-order valence-electron chi connectivity index (χ2n) is 5.62. The molecule has 1 N–H and O–H groups in total. The zero-order chi connectivity index (χ0) is 16.4. The summed E-state index contributed by atoms with van der Waals surface area (Å²) in [6.07, 6.45) is 3.15. The summed E-state index contributed by atoms with van der Waals surface area (Å²) in [4.78, 5) is 25.4. The summed E-state index contributed by atoms with van der Waals surface area (Å²) < 4.78 is 7.13. The molecule has 1 aliphatic heterocycles. The van der Waals surface area contributed by atoms with E-state index in [9.17, 15) is 9.59 Å². The van der Waals surface area contributed by atoms with Gasteiger partial charge in [-0.15, -0.1) is 0 Å². The molecule has 120 valence electrons. The van der Waals surface area contributed by atoms with Gasteiger partial charge in [0.15, 0.2) is 6.10 Å². The lowest BCUT2D eigenvalue weighted by Gasteiger charge is -2.10. The molecule has 0 unspecified atom stereocenters. The molecule has 1 atom stereocenters. The first-order valence-corrected chi connectivity index (χ1v) is 7.31. The quantitative estimate of drug-likeness (QED) is 0.910. The van der Waals surface area contributed by atoms with E-state index < -0.39 is 6.10 Å². The molecule has 0 bridgehead atoms. The van der Waals surface area contributed by atoms with Crippen molar-refractivity contribution in [3.8, 4) is 5.75 Å². The number of carbonyl (C=O) groups excluding carboxylic acids is 2. The molecule has 0 aliphatic carbocycles. The summed E-state index contributed by atoms with van der Waals surface area (Å²) in [6, 6.07) is 7.61. The van der Waals surface area contributed by atoms with Gasteiger partial charge in [0, 0.05) is 26.7 Å². The predicted octanol–water partition coefficient (Wildman–Crippen LogP) is 0.913. The van der Waals surface area contributed by atoms with Crippen molar-refractivity contribution in [2.24, 2.45) is 0 Å². The van der Waals surface area contributed by atoms with Crippen LogP contribution in [0.2, 0.25) is 0 Å². The monoisotopic (exact) mass is 314 g/mol. The summed E-state index contributed by atoms with van der Waals surface area (Å²) in [7, 11) is 3.37. The second-order valence-corrected chi connectivity index (χ2v) is 5.62. The molecular weight excluding hydrogens is 296 g/mol. The molecule has 1 aliphatic rings. The van der Waals surface area contributed by atoms with Crippen molar-refractivity contribution in [2.75, 3.05) is 19.4 Å². The fourth-order valence-corrected chi connectivity index (χ4v) is 2.35. The largest absolute Gasteiger partial charge is 0.480 e. The molecule has 0 saturated heterocycles. The number of amides is 2. The fraction of sp³-hybridized carbons (Fsp3) is 0.312. The van der Waals surface area contributed by atoms with Crippen molar-refractivity contribution in [1.29, 1.82) is 0 Å². The van der Waals surface area contributed by atoms with Crippen LogP contribution >= 0.6 is 0 Å². The smallest absolute Gasteiger partial charge is 0.265 e. The van der Waals surface area contributed by atoms with E-state index in [-0.39, 0.29) is 18.4 Å². The zero-order valence-corrected chi connectivity index (χ0v) is 13.0. The van der Waals surface area contributed by atoms with Crippen LogP contribution < -0.4 is 10.1 Å². The van der Waals surface area contributed by atoms with Gasteiger partial charge < -0.3 is 15.0 Å². The third-order valence-corrected chi connectivity index (χ3v) is 3.64. The van der Waals surface area contributed by atoms with Gasteiger partial charge in [-0.2, -0.15) is 5.10 Å². The molecule has 1 aromatic carbocycles. The van der Waals surface area contributed by atoms with Gasteiger partial charge >= 0.3 is 0 Å². The number of para-hydroxylation sites is 1. The van der Waals surface area contributed by atoms with E-state index in [1.807, 2.05) is 24.3 Å². The number of ether oxygens (including phenoxy) is 1. The van der Waals surface area contributed by atoms with Gasteiger partial charge in [0.25, 0.3) is 5.91 Å². The maximum atomic E-state index is 12.3. The highest BCUT2D eigenvalue weighted by molar-refractivity contribution is 5.94. The average Bonchev–Trinajstić information content (AvgIpc) is 3.13. The third-order valence-electron chi connectivity index (χ3n) is 3.64. The Morgan fingerprint density at radius 2 is 2.17 bits per heavy atom. The number of fused-ring (bicyclic) bond motifs is 1. The van der Waals surface area contributed by atoms with E-state index in [1.54, 1.807) is 20.3 Å². The van der Waals surface area contributed by atoms with Crippen LogP contribution in [0.5, 0.6) is 5.75 Å². The van der Waals surface area contributed by atoms with Crippen molar-refractivity contribution < 1.29 is 14.3 Å². The van der Waals surface area contributed by atoms with Crippen LogP contribution in [-0.2, 0) is 22.6 Å². The first-order chi connectivity index (χ1) is 11.0. The number of hydrogen-bond donors (Lipinski definition) is 1. The Balaban J connectivity index is 1.59. The van der Waals surface area contributed by atoms with E-state index in [2.05, 4.69) is 10.4 Å². The van der Waals surface area contributed by atoms with Crippen LogP contribution in [0.1, 0.15) is 5.56 Å². The van der Waals surface area contributed by atoms with E-state index in [0.29, 0.717) is 12.1 Å². The van der Waals surface area contributed by atoms with Crippen molar-refractivity contribution in [3.05, 3.63) is 42.2 Å². The number of rotatable bonds is 4. The standard InChI is InChI=1S/C16H18N4O3/c1-19(2)15(21)10-20-9-12(8-17-20)18-16(22)14-7-11-5-3-4-6-13(11)23-14/h3-6,8-9,14H,7,10H2,1-2H3,(H,18,22)/t14-/m1/s1. The molecule has 23 heavy (non-hydrogen) atoms. The maximum Gasteiger partial charge on any atom is 0.265 e. The summed E-state index contributed by atoms with van der Waals surface area (Å²) >= 11 is 0. The number of benzene rings is 1. The average molecular weight is 314 g/mol. The number of hydrogen-bond acceptors (Lipinski definition) is 4. The van der Waals surface area contributed by atoms with E-state index in [0.717, 1.165) is 11.3 Å². The first kappa shape index (κ1) is 15.1. The Morgan fingerprint density at radius 3 is 2.91 bits per heavy atom. The molecule has 3 rings (SSSR count). The SMILES string of the molecule is CN(C)C(=O)Cn1cc(NC(=O)[C@H]2Cc3ccccc3O2)cn1. The topological polar surface area (TPSA) is 76.5 Å². The molecule has 0 spiro atoms. The number of nitrogens with zero attached hydrogens (tertiary/aromatic N) is 3. The highest BCUT2D eigenvalue weighted by atomic mass is 16.5. The Morgan fingerprint density at radius 1 is 1.39 bits per heavy atom. The summed E-state index contributed by atoms with van der Waals surface area (Å²) in [5.41, 5.74) is 1.57. The minimum atomic E-state index is -0.542. The Bertz CT molecular complexity index is 713. The maximum absolute atomic E-state index is 12.3. The lowest BCUT2D eigenvalue weighted by atomic mass is 10.1. The van der Waals surface area contributed by atoms with E-state index in [1.165, 1.54) is 15.8 Å². The van der Waals surface area contributed by atoms with Crippen molar-refractivity contribution >= 4 is 17.5 Å². The summed E-state index contributed by atoms with van der Waals surface area (Å²) in [5, 5.41) is 6.84. The molecule has 2 aromatic rings. The van der Waals surface area contributed by atoms with Crippen LogP contribution in [0.4, 0.5) is 5.69 Å². The highest BCUT2D eigenvalue weighted by Crippen LogP contribution is 2.28. The number of carbonyl (C=O) groups is 2. The van der Waals surface area contributed by atoms with Gasteiger partial charge in [-0.25, -0.2) is 0 Å². The molecule has 1 aromatic heterocycles. The highest BCUT2D eigenvalue weighted by Gasteiger charge is 2.28. The van der Waals surface area contributed by atoms with Crippen molar-refractivity contribution in [1.82, 2.24) is 14.7 Å². The minimum absolute atomic E-state index is 0.0689. The number of likely N-dealkylation sites (N-methyl/N-ethyl adjacent to an activating group) is 1. The number of anilines is 1. The Kier molecular flexibility index (Phi) is 4.01. The third kappa shape index (κ3) is 3.33. The minimum Gasteiger partial charge on any atom is -0.480 e. The summed E-state index contributed by atoms with van der Waals surface area (Å²) in [6.45, 7) is 0.133. The lowest BCUT2D eigenvalue weighted by Crippen LogP contribution is -2.31. The fourth-order valence-electron chi connectivity index (χ4n) is 2.35. The van der Waals surface area contributed by atoms with Gasteiger partial charge in [-0.1, -0.05) is 18.2 Å². The molecule has 0 radical (unpaired) electrons. The molecule has 2 heterocycles. The molecule has 0 saturated carbocycles. The molecule has 2 amide bonds. The van der Waals surface area contributed by atoms with Gasteiger partial charge in [0.05, 0.1) is 11.9 Å². The molecule has 7 nitrogen and oxygen atoms in total. The van der Waals surface area contributed by atoms with Gasteiger partial charge in [0.2, 0.25) is 5.91 Å². The molecule has 0 fully saturated rings. The van der Waals surface area contributed by atoms with Gasteiger partial charge in [0.1, 0.15) is 12.3 Å². The van der Waals surface area contributed by atoms with Crippen LogP contribution in [0, 0.1) is 0 Å². The van der Waals surface area contributed by atoms with Crippen LogP contribution in [0.3, 0.4) is 0 Å². The number of nitrogens with one attached hydrogen (secondary N) is 1. The van der Waals surface area contributed by atoms with Gasteiger partial charge in [-0.05, 0) is 11.6 Å². The number of aromatic nitrogens is 2. The first-order valence-electron chi connectivity index (χ1n) is 7.31. The van der Waals surface area contributed by atoms with Crippen LogP contribution in [-0.4, -0.2) is 46.7 Å². The predicted molar refractivity (Wildman–Crippen MR) is 84.1 cm³/mol. The van der Waals surface area contributed by atoms with Gasteiger partial charge in [-0.3, -0.25) is 14.3 Å². The second kappa shape index (κ2) is 6.12. The Labute approximate surface area is 133 Å². The molecular formula is C16H18N4O3.